The molecule has 5 unspecified atom stereocenters. The quantitative estimate of drug-likeness (QED) is 0.0839. The van der Waals surface area contributed by atoms with Gasteiger partial charge in [0.25, 0.3) is 0 Å². The second kappa shape index (κ2) is 10.5. The Bertz CT molecular complexity index is 1370. The lowest BCUT2D eigenvalue weighted by molar-refractivity contribution is -0.305. The Morgan fingerprint density at radius 2 is 1.66 bits per heavy atom. The highest BCUT2D eigenvalue weighted by atomic mass is 16.7. The van der Waals surface area contributed by atoms with Crippen molar-refractivity contribution in [1.29, 1.82) is 0 Å². The highest BCUT2D eigenvalue weighted by molar-refractivity contribution is 5.89. The fourth-order valence-electron chi connectivity index (χ4n) is 3.76. The number of hydrogen-bond acceptors (Lipinski definition) is 13. The molecular weight excluding hydrogens is 512 g/mol. The van der Waals surface area contributed by atoms with Crippen molar-refractivity contribution in [3.8, 4) is 40.1 Å². The molecule has 5 atom stereocenters. The highest BCUT2D eigenvalue weighted by Gasteiger charge is 2.46. The number of fused-ring (bicyclic) bond motifs is 1. The maximum Gasteiger partial charge on any atom is 0.402 e. The summed E-state index contributed by atoms with van der Waals surface area (Å²) in [6.45, 7) is -0.711. The smallest absolute Gasteiger partial charge is 0.402 e. The van der Waals surface area contributed by atoms with Crippen LogP contribution in [-0.4, -0.2) is 85.0 Å². The van der Waals surface area contributed by atoms with Gasteiger partial charge in [0.1, 0.15) is 47.9 Å². The van der Waals surface area contributed by atoms with Gasteiger partial charge in [0, 0.05) is 18.2 Å². The monoisotopic (exact) mass is 534 g/mol. The molecule has 14 nitrogen and oxygen atoms in total. The molecule has 14 heteroatoms. The number of carbonyl (C=O) groups is 2. The van der Waals surface area contributed by atoms with Gasteiger partial charge in [-0.3, -0.25) is 4.79 Å². The molecule has 1 saturated heterocycles. The van der Waals surface area contributed by atoms with Gasteiger partial charge in [0.2, 0.25) is 12.0 Å². The van der Waals surface area contributed by atoms with E-state index in [4.69, 9.17) is 18.6 Å². The minimum atomic E-state index is -1.86. The van der Waals surface area contributed by atoms with Gasteiger partial charge in [0.05, 0.1) is 24.0 Å². The molecule has 2 heterocycles. The van der Waals surface area contributed by atoms with E-state index in [0.29, 0.717) is 0 Å². The Kier molecular flexibility index (Phi) is 7.41. The standard InChI is InChI=1S/C24H22O14/c25-10-4-13(27)11-6-16(23(36-15(11)5-10)9-1-2-12(26)14(28)3-9)37-24-22(34)21(33)20(32)17(38-24)8-35-19(31)7-18(29)30/h1-6,17,20-22,24,32-34H,7-8H2,(H4-,25,26,27,28,29,30). The van der Waals surface area contributed by atoms with E-state index in [9.17, 15) is 50.4 Å². The van der Waals surface area contributed by atoms with Crippen LogP contribution < -0.4 is 9.84 Å². The first kappa shape index (κ1) is 26.7. The number of carbonyl (C=O) groups excluding carboxylic acids is 2. The van der Waals surface area contributed by atoms with Crippen LogP contribution in [0.25, 0.3) is 22.3 Å². The van der Waals surface area contributed by atoms with Crippen molar-refractivity contribution >= 4 is 22.9 Å². The summed E-state index contributed by atoms with van der Waals surface area (Å²) in [5.41, 5.74) is 0.120. The molecule has 1 aromatic heterocycles. The predicted octanol–water partition coefficient (Wildman–Crippen LogP) is -0.927. The molecule has 0 aliphatic carbocycles. The molecule has 202 valence electrons. The van der Waals surface area contributed by atoms with E-state index in [-0.39, 0.29) is 33.8 Å². The zero-order valence-corrected chi connectivity index (χ0v) is 19.3. The number of phenols is 4. The van der Waals surface area contributed by atoms with Crippen LogP contribution in [-0.2, 0) is 19.1 Å². The summed E-state index contributed by atoms with van der Waals surface area (Å²) in [5.74, 6) is -4.94. The lowest BCUT2D eigenvalue weighted by Crippen LogP contribution is -2.60. The van der Waals surface area contributed by atoms with Crippen LogP contribution in [0.3, 0.4) is 0 Å². The second-order valence-electron chi connectivity index (χ2n) is 8.38. The van der Waals surface area contributed by atoms with Crippen molar-refractivity contribution < 1.29 is 69.1 Å². The summed E-state index contributed by atoms with van der Waals surface area (Å²) in [5, 5.41) is 81.4. The van der Waals surface area contributed by atoms with Crippen LogP contribution in [0.15, 0.2) is 40.8 Å². The van der Waals surface area contributed by atoms with Crippen LogP contribution in [0.1, 0.15) is 6.42 Å². The van der Waals surface area contributed by atoms with Gasteiger partial charge in [0.15, 0.2) is 11.5 Å². The zero-order chi connectivity index (χ0) is 27.7. The molecule has 4 rings (SSSR count). The Hall–Kier alpha value is -4.37. The van der Waals surface area contributed by atoms with E-state index in [0.717, 1.165) is 18.2 Å². The maximum atomic E-state index is 11.5. The van der Waals surface area contributed by atoms with Crippen molar-refractivity contribution in [3.05, 3.63) is 36.4 Å². The number of rotatable bonds is 7. The lowest BCUT2D eigenvalue weighted by Gasteiger charge is -2.39. The van der Waals surface area contributed by atoms with Gasteiger partial charge in [-0.1, -0.05) is 0 Å². The van der Waals surface area contributed by atoms with Gasteiger partial charge in [-0.15, -0.1) is 0 Å². The largest absolute Gasteiger partial charge is 0.550 e. The molecule has 0 radical (unpaired) electrons. The first-order valence-electron chi connectivity index (χ1n) is 11.0. The lowest BCUT2D eigenvalue weighted by atomic mass is 9.99. The Balaban J connectivity index is 1.70. The van der Waals surface area contributed by atoms with E-state index in [1.807, 2.05) is 0 Å². The van der Waals surface area contributed by atoms with E-state index < -0.39 is 72.9 Å². The zero-order valence-electron chi connectivity index (χ0n) is 19.3. The van der Waals surface area contributed by atoms with Crippen LogP contribution in [0.5, 0.6) is 28.7 Å². The molecule has 1 fully saturated rings. The highest BCUT2D eigenvalue weighted by Crippen LogP contribution is 2.42. The molecule has 38 heavy (non-hydrogen) atoms. The number of aliphatic carboxylic acids is 1. The third-order valence-electron chi connectivity index (χ3n) is 5.66. The number of phenolic OH excluding ortho intramolecular Hbond substituents is 4. The van der Waals surface area contributed by atoms with Crippen molar-refractivity contribution in [3.63, 3.8) is 0 Å². The number of hydrogen-bond donors (Lipinski definition) is 7. The summed E-state index contributed by atoms with van der Waals surface area (Å²) in [6, 6.07) is 7.06. The number of carboxylic acids is 1. The summed E-state index contributed by atoms with van der Waals surface area (Å²) < 4.78 is 21.7. The average molecular weight is 534 g/mol. The van der Waals surface area contributed by atoms with Gasteiger partial charge < -0.3 is 59.9 Å². The van der Waals surface area contributed by atoms with E-state index in [1.54, 1.807) is 0 Å². The Morgan fingerprint density at radius 3 is 2.34 bits per heavy atom. The number of aliphatic hydroxyl groups is 3. The first-order chi connectivity index (χ1) is 17.9. The Labute approximate surface area is 212 Å². The summed E-state index contributed by atoms with van der Waals surface area (Å²) in [7, 11) is 0. The van der Waals surface area contributed by atoms with E-state index in [1.165, 1.54) is 18.2 Å². The molecule has 0 bridgehead atoms. The summed E-state index contributed by atoms with van der Waals surface area (Å²) >= 11 is 0. The van der Waals surface area contributed by atoms with Gasteiger partial charge >= 0.3 is 17.3 Å². The molecule has 7 N–H and O–H groups in total. The summed E-state index contributed by atoms with van der Waals surface area (Å²) in [6.07, 6.45) is -9.73. The Morgan fingerprint density at radius 1 is 0.921 bits per heavy atom. The third kappa shape index (κ3) is 5.47. The number of esters is 1. The summed E-state index contributed by atoms with van der Waals surface area (Å²) in [4.78, 5) is 22.1. The average Bonchev–Trinajstić information content (AvgIpc) is 2.84. The minimum Gasteiger partial charge on any atom is -0.550 e. The van der Waals surface area contributed by atoms with E-state index in [2.05, 4.69) is 0 Å². The fourth-order valence-corrected chi connectivity index (χ4v) is 3.76. The molecule has 0 amide bonds. The van der Waals surface area contributed by atoms with Crippen molar-refractivity contribution in [2.24, 2.45) is 0 Å². The normalized spacial score (nSPS) is 23.2. The SMILES string of the molecule is O=C([O-])CC(=O)OCC1OC(Oc2cc3c(O)cc(O)cc3[o+]c2-c2ccc(O)c(O)c2)C(O)C(O)C1O. The topological polar surface area (TPSA) is 238 Å². The van der Waals surface area contributed by atoms with Crippen molar-refractivity contribution in [2.75, 3.05) is 6.61 Å². The molecule has 0 spiro atoms. The fraction of sp³-hybridized carbons (Fsp3) is 0.292. The molecular formula is C24H22O14. The third-order valence-corrected chi connectivity index (χ3v) is 5.66. The number of aliphatic hydroxyl groups excluding tert-OH is 3. The molecule has 1 aliphatic rings. The molecule has 0 saturated carbocycles. The number of carboxylic acid groups (broad SMARTS) is 1. The number of aromatic hydroxyl groups is 4. The van der Waals surface area contributed by atoms with Gasteiger partial charge in [-0.05, 0) is 12.1 Å². The van der Waals surface area contributed by atoms with Gasteiger partial charge in [-0.2, -0.15) is 0 Å². The second-order valence-corrected chi connectivity index (χ2v) is 8.38. The van der Waals surface area contributed by atoms with Crippen molar-refractivity contribution in [1.82, 2.24) is 0 Å². The van der Waals surface area contributed by atoms with Crippen molar-refractivity contribution in [2.45, 2.75) is 37.1 Å². The molecule has 2 aromatic carbocycles. The first-order valence-corrected chi connectivity index (χ1v) is 11.0. The van der Waals surface area contributed by atoms with Crippen LogP contribution >= 0.6 is 0 Å². The van der Waals surface area contributed by atoms with Crippen LogP contribution in [0.2, 0.25) is 0 Å². The van der Waals surface area contributed by atoms with Crippen LogP contribution in [0, 0.1) is 0 Å². The van der Waals surface area contributed by atoms with Crippen LogP contribution in [0.4, 0.5) is 0 Å². The maximum absolute atomic E-state index is 11.5. The van der Waals surface area contributed by atoms with E-state index >= 15 is 0 Å². The number of benzene rings is 2. The number of ether oxygens (including phenoxy) is 3. The minimum absolute atomic E-state index is 0.0179. The molecule has 3 aromatic rings. The molecule has 1 aliphatic heterocycles. The van der Waals surface area contributed by atoms with Gasteiger partial charge in [-0.25, -0.2) is 4.42 Å². The predicted molar refractivity (Wildman–Crippen MR) is 121 cm³/mol.